The molecule has 5 aliphatic rings. The standard InChI is InChI=1S/C54H73NO6/c1-36(2)12-11-13-37(3)48-26-27-49-47-25-20-41-32-46(28-30-52(41,4)50(47)29-31-53(48,49)5)61-51(57)55-34-43(56)33-42(55)35-60-54(38-14-9-8-10-15-38,39-16-21-44(58-6)22-17-39)40-18-23-45(59-7)24-19-40/h8-10,14-24,36-37,42-43,46-50,56H,11-13,25-35H2,1-7H3/t37-,42+,43-,46?,47?,48-,49?,50?,52+,53-/m1/s1. The van der Waals surface area contributed by atoms with Gasteiger partial charge in [0.1, 0.15) is 23.2 Å². The van der Waals surface area contributed by atoms with Gasteiger partial charge in [-0.25, -0.2) is 4.79 Å². The lowest BCUT2D eigenvalue weighted by Crippen LogP contribution is -2.51. The van der Waals surface area contributed by atoms with Crippen molar-refractivity contribution in [2.75, 3.05) is 27.4 Å². The molecule has 330 valence electrons. The second-order valence-corrected chi connectivity index (χ2v) is 20.5. The molecule has 3 aromatic carbocycles. The number of methoxy groups -OCH3 is 2. The molecule has 4 fully saturated rings. The van der Waals surface area contributed by atoms with Crippen molar-refractivity contribution in [3.05, 3.63) is 107 Å². The van der Waals surface area contributed by atoms with Crippen molar-refractivity contribution < 1.29 is 28.8 Å². The predicted molar refractivity (Wildman–Crippen MR) is 243 cm³/mol. The third kappa shape index (κ3) is 8.40. The normalized spacial score (nSPS) is 31.5. The van der Waals surface area contributed by atoms with Crippen LogP contribution in [0.5, 0.6) is 11.5 Å². The first-order valence-electron chi connectivity index (χ1n) is 23.7. The van der Waals surface area contributed by atoms with Crippen molar-refractivity contribution in [1.29, 1.82) is 0 Å². The van der Waals surface area contributed by atoms with Gasteiger partial charge in [-0.05, 0) is 139 Å². The quantitative estimate of drug-likeness (QED) is 0.129. The molecule has 3 aromatic rings. The number of allylic oxidation sites excluding steroid dienone is 1. The van der Waals surface area contributed by atoms with Crippen molar-refractivity contribution in [1.82, 2.24) is 4.90 Å². The Hall–Kier alpha value is -3.81. The number of aliphatic hydroxyl groups is 1. The Kier molecular flexibility index (Phi) is 13.0. The number of carbonyl (C=O) groups excluding carboxylic acids is 1. The molecule has 8 rings (SSSR count). The number of hydrogen-bond acceptors (Lipinski definition) is 6. The van der Waals surface area contributed by atoms with Gasteiger partial charge in [-0.2, -0.15) is 0 Å². The molecular formula is C54H73NO6. The largest absolute Gasteiger partial charge is 0.497 e. The van der Waals surface area contributed by atoms with Gasteiger partial charge >= 0.3 is 6.09 Å². The highest BCUT2D eigenvalue weighted by Crippen LogP contribution is 2.67. The van der Waals surface area contributed by atoms with Crippen LogP contribution in [0.3, 0.4) is 0 Å². The number of amides is 1. The number of rotatable bonds is 14. The van der Waals surface area contributed by atoms with E-state index in [0.717, 1.165) is 77.0 Å². The van der Waals surface area contributed by atoms with E-state index in [9.17, 15) is 9.90 Å². The zero-order valence-electron chi connectivity index (χ0n) is 38.1. The molecule has 4 aliphatic carbocycles. The van der Waals surface area contributed by atoms with E-state index in [1.54, 1.807) is 19.1 Å². The SMILES string of the molecule is COc1ccc(C(OC[C@@H]2C[C@@H](O)CN2C(=O)OC2CC[C@@]3(C)C(=CCC4C3CC[C@@]3(C)C4CC[C@@H]3[C@H](C)CCCC(C)C)C2)(c2ccccc2)c2ccc(OC)cc2)cc1. The van der Waals surface area contributed by atoms with Gasteiger partial charge in [0.2, 0.25) is 0 Å². The number of nitrogens with zero attached hydrogens (tertiary/aromatic N) is 1. The van der Waals surface area contributed by atoms with Crippen LogP contribution in [0.25, 0.3) is 0 Å². The fourth-order valence-electron chi connectivity index (χ4n) is 13.5. The Morgan fingerprint density at radius 2 is 1.48 bits per heavy atom. The van der Waals surface area contributed by atoms with Crippen LogP contribution in [0.4, 0.5) is 4.79 Å². The number of fused-ring (bicyclic) bond motifs is 5. The zero-order valence-corrected chi connectivity index (χ0v) is 38.1. The monoisotopic (exact) mass is 832 g/mol. The molecule has 7 heteroatoms. The maximum absolute atomic E-state index is 14.2. The smallest absolute Gasteiger partial charge is 0.410 e. The first kappa shape index (κ1) is 43.8. The summed E-state index contributed by atoms with van der Waals surface area (Å²) in [4.78, 5) is 16.0. The average Bonchev–Trinajstić information content (AvgIpc) is 3.83. The second kappa shape index (κ2) is 18.1. The Balaban J connectivity index is 0.965. The molecule has 7 nitrogen and oxygen atoms in total. The fourth-order valence-corrected chi connectivity index (χ4v) is 13.5. The number of β-amino-alcohol motifs (C(OH)–C–C–N with tert-alkyl or cyclic N) is 1. The Bertz CT molecular complexity index is 1910. The summed E-state index contributed by atoms with van der Waals surface area (Å²) < 4.78 is 24.7. The number of ether oxygens (including phenoxy) is 4. The summed E-state index contributed by atoms with van der Waals surface area (Å²) in [5.74, 6) is 6.28. The van der Waals surface area contributed by atoms with E-state index in [-0.39, 0.29) is 36.8 Å². The Labute approximate surface area is 366 Å². The summed E-state index contributed by atoms with van der Waals surface area (Å²) in [6, 6.07) is 25.8. The van der Waals surface area contributed by atoms with Crippen molar-refractivity contribution in [2.24, 2.45) is 46.3 Å². The van der Waals surface area contributed by atoms with Gasteiger partial charge < -0.3 is 29.0 Å². The number of hydrogen-bond donors (Lipinski definition) is 1. The molecule has 0 spiro atoms. The molecule has 1 heterocycles. The first-order chi connectivity index (χ1) is 29.4. The van der Waals surface area contributed by atoms with Crippen LogP contribution in [-0.2, 0) is 15.1 Å². The van der Waals surface area contributed by atoms with Gasteiger partial charge in [0.25, 0.3) is 0 Å². The summed E-state index contributed by atoms with van der Waals surface area (Å²) in [6.45, 7) is 12.9. The molecule has 4 unspecified atom stereocenters. The van der Waals surface area contributed by atoms with Crippen LogP contribution in [0.1, 0.15) is 128 Å². The van der Waals surface area contributed by atoms with Crippen LogP contribution in [0.2, 0.25) is 0 Å². The highest BCUT2D eigenvalue weighted by Gasteiger charge is 2.59. The molecule has 1 amide bonds. The number of benzene rings is 3. The number of likely N-dealkylation sites (tertiary alicyclic amines) is 1. The highest BCUT2D eigenvalue weighted by molar-refractivity contribution is 5.69. The molecule has 10 atom stereocenters. The summed E-state index contributed by atoms with van der Waals surface area (Å²) in [5, 5.41) is 11.1. The lowest BCUT2D eigenvalue weighted by molar-refractivity contribution is -0.0605. The lowest BCUT2D eigenvalue weighted by Gasteiger charge is -2.58. The van der Waals surface area contributed by atoms with E-state index in [1.165, 1.54) is 56.9 Å². The minimum Gasteiger partial charge on any atom is -0.497 e. The minimum atomic E-state index is -1.02. The van der Waals surface area contributed by atoms with Crippen LogP contribution in [0.15, 0.2) is 90.5 Å². The summed E-state index contributed by atoms with van der Waals surface area (Å²) >= 11 is 0. The Morgan fingerprint density at radius 1 is 0.820 bits per heavy atom. The average molecular weight is 832 g/mol. The van der Waals surface area contributed by atoms with E-state index >= 15 is 0 Å². The predicted octanol–water partition coefficient (Wildman–Crippen LogP) is 12.0. The van der Waals surface area contributed by atoms with E-state index in [4.69, 9.17) is 18.9 Å². The van der Waals surface area contributed by atoms with Crippen LogP contribution in [0, 0.1) is 46.3 Å². The van der Waals surface area contributed by atoms with Gasteiger partial charge in [0, 0.05) is 6.42 Å². The van der Waals surface area contributed by atoms with Crippen molar-refractivity contribution >= 4 is 6.09 Å². The van der Waals surface area contributed by atoms with Crippen molar-refractivity contribution in [3.63, 3.8) is 0 Å². The molecular weight excluding hydrogens is 759 g/mol. The maximum Gasteiger partial charge on any atom is 0.410 e. The second-order valence-electron chi connectivity index (χ2n) is 20.5. The molecule has 1 aliphatic heterocycles. The number of carbonyl (C=O) groups is 1. The molecule has 1 saturated heterocycles. The lowest BCUT2D eigenvalue weighted by atomic mass is 9.47. The van der Waals surface area contributed by atoms with Gasteiger partial charge in [-0.1, -0.05) is 120 Å². The van der Waals surface area contributed by atoms with E-state index in [1.807, 2.05) is 66.7 Å². The number of aliphatic hydroxyl groups excluding tert-OH is 1. The van der Waals surface area contributed by atoms with Gasteiger partial charge in [-0.3, -0.25) is 0 Å². The van der Waals surface area contributed by atoms with Gasteiger partial charge in [0.05, 0.1) is 39.5 Å². The van der Waals surface area contributed by atoms with Gasteiger partial charge in [0.15, 0.2) is 0 Å². The first-order valence-corrected chi connectivity index (χ1v) is 23.7. The third-order valence-electron chi connectivity index (χ3n) is 16.8. The maximum atomic E-state index is 14.2. The molecule has 1 N–H and O–H groups in total. The minimum absolute atomic E-state index is 0.166. The van der Waals surface area contributed by atoms with Crippen molar-refractivity contribution in [2.45, 2.75) is 136 Å². The van der Waals surface area contributed by atoms with Gasteiger partial charge in [-0.15, -0.1) is 0 Å². The summed E-state index contributed by atoms with van der Waals surface area (Å²) in [6.07, 6.45) is 15.4. The molecule has 0 bridgehead atoms. The van der Waals surface area contributed by atoms with Crippen LogP contribution < -0.4 is 9.47 Å². The molecule has 61 heavy (non-hydrogen) atoms. The third-order valence-corrected chi connectivity index (χ3v) is 16.8. The van der Waals surface area contributed by atoms with Crippen molar-refractivity contribution in [3.8, 4) is 11.5 Å². The summed E-state index contributed by atoms with van der Waals surface area (Å²) in [7, 11) is 3.33. The molecule has 0 radical (unpaired) electrons. The van der Waals surface area contributed by atoms with E-state index < -0.39 is 11.7 Å². The Morgan fingerprint density at radius 3 is 2.11 bits per heavy atom. The highest BCUT2D eigenvalue weighted by atomic mass is 16.6. The molecule has 3 saturated carbocycles. The van der Waals surface area contributed by atoms with Crippen LogP contribution >= 0.6 is 0 Å². The summed E-state index contributed by atoms with van der Waals surface area (Å²) in [5.41, 5.74) is 3.94. The van der Waals surface area contributed by atoms with E-state index in [2.05, 4.69) is 52.8 Å². The fraction of sp³-hybridized carbons (Fsp3) is 0.611. The molecule has 0 aromatic heterocycles. The van der Waals surface area contributed by atoms with E-state index in [0.29, 0.717) is 17.8 Å². The zero-order chi connectivity index (χ0) is 42.9. The van der Waals surface area contributed by atoms with Crippen LogP contribution in [-0.4, -0.2) is 61.7 Å². The topological polar surface area (TPSA) is 77.5 Å².